The number of anilines is 1. The summed E-state index contributed by atoms with van der Waals surface area (Å²) < 4.78 is 0. The lowest BCUT2D eigenvalue weighted by Gasteiger charge is -2.07. The summed E-state index contributed by atoms with van der Waals surface area (Å²) in [6.45, 7) is 1.91. The molecule has 9 nitrogen and oxygen atoms in total. The van der Waals surface area contributed by atoms with E-state index in [2.05, 4.69) is 20.8 Å². The molecule has 0 radical (unpaired) electrons. The van der Waals surface area contributed by atoms with E-state index in [-0.39, 0.29) is 36.5 Å². The van der Waals surface area contributed by atoms with Crippen LogP contribution in [-0.2, 0) is 28.9 Å². The van der Waals surface area contributed by atoms with Crippen LogP contribution in [0.4, 0.5) is 5.13 Å². The maximum Gasteiger partial charge on any atom is 0.230 e. The maximum absolute atomic E-state index is 12.4. The van der Waals surface area contributed by atoms with E-state index in [4.69, 9.17) is 17.2 Å². The summed E-state index contributed by atoms with van der Waals surface area (Å²) in [7, 11) is 0. The summed E-state index contributed by atoms with van der Waals surface area (Å²) in [5.74, 6) is -0.0741. The average Bonchev–Trinajstić information content (AvgIpc) is 3.32. The third-order valence-corrected chi connectivity index (χ3v) is 6.53. The van der Waals surface area contributed by atoms with Crippen LogP contribution in [-0.4, -0.2) is 22.0 Å². The normalized spacial score (nSPS) is 12.7. The molecule has 8 N–H and O–H groups in total. The molecule has 0 saturated heterocycles. The number of hydrogen-bond donors (Lipinski definition) is 5. The molecule has 0 aliphatic heterocycles. The number of nitrogens with two attached hydrogens (primary N) is 3. The number of rotatable bonds is 13. The summed E-state index contributed by atoms with van der Waals surface area (Å²) in [4.78, 5) is 24.5. The van der Waals surface area contributed by atoms with Crippen molar-refractivity contribution in [2.24, 2.45) is 17.2 Å². The lowest BCUT2D eigenvalue weighted by atomic mass is 10.0. The first-order valence-electron chi connectivity index (χ1n) is 12.5. The zero-order valence-electron chi connectivity index (χ0n) is 21.5. The Kier molecular flexibility index (Phi) is 11.0. The van der Waals surface area contributed by atoms with E-state index in [1.54, 1.807) is 12.2 Å². The van der Waals surface area contributed by atoms with Crippen molar-refractivity contribution in [3.8, 4) is 0 Å². The van der Waals surface area contributed by atoms with Gasteiger partial charge >= 0.3 is 0 Å². The topological polar surface area (TPSA) is 162 Å². The van der Waals surface area contributed by atoms with Gasteiger partial charge in [0.05, 0.1) is 12.8 Å². The molecule has 0 spiro atoms. The molecule has 10 heteroatoms. The first-order chi connectivity index (χ1) is 18.3. The lowest BCUT2D eigenvalue weighted by Crippen LogP contribution is -2.28. The van der Waals surface area contributed by atoms with E-state index in [9.17, 15) is 9.59 Å². The van der Waals surface area contributed by atoms with Gasteiger partial charge in [-0.2, -0.15) is 0 Å². The quantitative estimate of drug-likeness (QED) is 0.166. The van der Waals surface area contributed by atoms with Crippen LogP contribution in [0.5, 0.6) is 0 Å². The van der Waals surface area contributed by atoms with Gasteiger partial charge in [0.2, 0.25) is 16.9 Å². The predicted molar refractivity (Wildman–Crippen MR) is 152 cm³/mol. The summed E-state index contributed by atoms with van der Waals surface area (Å²) in [5.41, 5.74) is 21.4. The first kappa shape index (κ1) is 28.5. The third kappa shape index (κ3) is 10.2. The molecule has 1 heterocycles. The number of hydrogen-bond acceptors (Lipinski definition) is 8. The molecule has 0 aliphatic rings. The van der Waals surface area contributed by atoms with E-state index in [0.717, 1.165) is 41.0 Å². The second kappa shape index (κ2) is 14.7. The average molecular weight is 534 g/mol. The van der Waals surface area contributed by atoms with Crippen molar-refractivity contribution in [1.82, 2.24) is 15.5 Å². The van der Waals surface area contributed by atoms with Crippen molar-refractivity contribution in [2.75, 3.05) is 5.32 Å². The third-order valence-electron chi connectivity index (χ3n) is 5.63. The van der Waals surface area contributed by atoms with Crippen LogP contribution in [0.15, 0.2) is 78.3 Å². The molecule has 3 rings (SSSR count). The summed E-state index contributed by atoms with van der Waals surface area (Å²) >= 11 is 1.37. The highest BCUT2D eigenvalue weighted by molar-refractivity contribution is 7.15. The second-order valence-corrected chi connectivity index (χ2v) is 10.1. The van der Waals surface area contributed by atoms with E-state index in [0.29, 0.717) is 17.2 Å². The Balaban J connectivity index is 1.35. The number of unbranched alkanes of at least 4 members (excludes halogenated alkanes) is 1. The molecular weight excluding hydrogens is 498 g/mol. The number of nitrogens with zero attached hydrogens (tertiary/aromatic N) is 2. The standard InChI is InChI=1S/C28H35N7O2S/c1-19(29)22-11-7-10-21(16-22)18-26(37)33-28-35-34-27(38-28)13-6-5-12-23(30)14-15-24(31)32-25(36)17-20-8-3-2-4-9-20/h2-4,7-11,14-16,19H,5-6,12-13,17-18,29-31H2,1H3,(H,32,36)(H,33,35,37)/b23-14-,24-15+. The number of aryl methyl sites for hydroxylation is 1. The second-order valence-electron chi connectivity index (χ2n) is 9.04. The van der Waals surface area contributed by atoms with E-state index in [1.807, 2.05) is 61.5 Å². The van der Waals surface area contributed by atoms with Crippen molar-refractivity contribution in [2.45, 2.75) is 51.5 Å². The number of carbonyl (C=O) groups excluding carboxylic acids is 2. The molecule has 2 aromatic carbocycles. The van der Waals surface area contributed by atoms with Crippen molar-refractivity contribution < 1.29 is 9.59 Å². The maximum atomic E-state index is 12.4. The number of aromatic nitrogens is 2. The minimum absolute atomic E-state index is 0.0815. The van der Waals surface area contributed by atoms with Crippen LogP contribution in [0.1, 0.15) is 53.9 Å². The van der Waals surface area contributed by atoms with Gasteiger partial charge in [-0.15, -0.1) is 10.2 Å². The van der Waals surface area contributed by atoms with E-state index in [1.165, 1.54) is 11.3 Å². The van der Waals surface area contributed by atoms with Crippen LogP contribution in [0.25, 0.3) is 0 Å². The molecule has 2 amide bonds. The molecule has 1 atom stereocenters. The highest BCUT2D eigenvalue weighted by Gasteiger charge is 2.10. The highest BCUT2D eigenvalue weighted by Crippen LogP contribution is 2.19. The van der Waals surface area contributed by atoms with Crippen molar-refractivity contribution >= 4 is 28.3 Å². The molecule has 0 aliphatic carbocycles. The minimum Gasteiger partial charge on any atom is -0.402 e. The van der Waals surface area contributed by atoms with E-state index < -0.39 is 0 Å². The molecule has 1 unspecified atom stereocenters. The number of carbonyl (C=O) groups is 2. The van der Waals surface area contributed by atoms with Crippen LogP contribution in [0.2, 0.25) is 0 Å². The predicted octanol–water partition coefficient (Wildman–Crippen LogP) is 3.45. The largest absolute Gasteiger partial charge is 0.402 e. The van der Waals surface area contributed by atoms with Gasteiger partial charge in [0.25, 0.3) is 0 Å². The van der Waals surface area contributed by atoms with Gasteiger partial charge in [0, 0.05) is 18.2 Å². The van der Waals surface area contributed by atoms with Crippen molar-refractivity contribution in [3.63, 3.8) is 0 Å². The molecule has 0 fully saturated rings. The number of allylic oxidation sites excluding steroid dienone is 3. The number of benzene rings is 2. The molecule has 0 saturated carbocycles. The SMILES string of the molecule is CC(N)c1cccc(CC(=O)Nc2nnc(CCCC/C(N)=C/C=C(\N)NC(=O)Cc3ccccc3)s2)c1. The Morgan fingerprint density at radius 1 is 0.947 bits per heavy atom. The van der Waals surface area contributed by atoms with Crippen LogP contribution < -0.4 is 27.8 Å². The fraction of sp³-hybridized carbons (Fsp3) is 0.286. The Labute approximate surface area is 227 Å². The zero-order valence-corrected chi connectivity index (χ0v) is 22.3. The fourth-order valence-corrected chi connectivity index (χ4v) is 4.45. The van der Waals surface area contributed by atoms with E-state index >= 15 is 0 Å². The number of amides is 2. The molecule has 0 bridgehead atoms. The van der Waals surface area contributed by atoms with Crippen LogP contribution >= 0.6 is 11.3 Å². The van der Waals surface area contributed by atoms with Crippen molar-refractivity contribution in [3.05, 3.63) is 100.0 Å². The summed E-state index contributed by atoms with van der Waals surface area (Å²) in [5, 5.41) is 15.1. The Morgan fingerprint density at radius 2 is 1.68 bits per heavy atom. The Hall–Kier alpha value is -4.02. The molecule has 200 valence electrons. The van der Waals surface area contributed by atoms with Gasteiger partial charge in [-0.3, -0.25) is 9.59 Å². The Morgan fingerprint density at radius 3 is 2.45 bits per heavy atom. The smallest absolute Gasteiger partial charge is 0.230 e. The van der Waals surface area contributed by atoms with Gasteiger partial charge in [0.15, 0.2) is 0 Å². The summed E-state index contributed by atoms with van der Waals surface area (Å²) in [6.07, 6.45) is 6.97. The number of nitrogens with one attached hydrogen (secondary N) is 2. The van der Waals surface area contributed by atoms with Gasteiger partial charge in [-0.05, 0) is 55.0 Å². The zero-order chi connectivity index (χ0) is 27.3. The van der Waals surface area contributed by atoms with Gasteiger partial charge < -0.3 is 27.8 Å². The van der Waals surface area contributed by atoms with Crippen LogP contribution in [0.3, 0.4) is 0 Å². The molecular formula is C28H35N7O2S. The minimum atomic E-state index is -0.181. The van der Waals surface area contributed by atoms with Gasteiger partial charge in [-0.1, -0.05) is 65.9 Å². The van der Waals surface area contributed by atoms with Crippen LogP contribution in [0, 0.1) is 0 Å². The molecule has 38 heavy (non-hydrogen) atoms. The monoisotopic (exact) mass is 533 g/mol. The van der Waals surface area contributed by atoms with Gasteiger partial charge in [-0.25, -0.2) is 0 Å². The fourth-order valence-electron chi connectivity index (χ4n) is 3.65. The van der Waals surface area contributed by atoms with Crippen molar-refractivity contribution in [1.29, 1.82) is 0 Å². The van der Waals surface area contributed by atoms with Gasteiger partial charge in [0.1, 0.15) is 10.8 Å². The summed E-state index contributed by atoms with van der Waals surface area (Å²) in [6, 6.07) is 17.1. The molecule has 1 aromatic heterocycles. The Bertz CT molecular complexity index is 1270. The molecule has 3 aromatic rings. The first-order valence-corrected chi connectivity index (χ1v) is 13.3. The highest BCUT2D eigenvalue weighted by atomic mass is 32.1. The lowest BCUT2D eigenvalue weighted by molar-refractivity contribution is -0.119.